The van der Waals surface area contributed by atoms with Crippen LogP contribution in [-0.4, -0.2) is 34.7 Å². The summed E-state index contributed by atoms with van der Waals surface area (Å²) in [5.41, 5.74) is -0.259. The van der Waals surface area contributed by atoms with Crippen LogP contribution in [0.5, 0.6) is 0 Å². The van der Waals surface area contributed by atoms with Crippen LogP contribution < -0.4 is 0 Å². The lowest BCUT2D eigenvalue weighted by atomic mass is 9.86. The maximum atomic E-state index is 10.3. The lowest BCUT2D eigenvalue weighted by Gasteiger charge is -2.38. The SMILES string of the molecule is OC1(C2CC2)CCN(C2CC2)CC1. The Morgan fingerprint density at radius 2 is 1.62 bits per heavy atom. The smallest absolute Gasteiger partial charge is 0.0700 e. The quantitative estimate of drug-likeness (QED) is 0.696. The molecule has 1 heterocycles. The number of hydrogen-bond donors (Lipinski definition) is 1. The van der Waals surface area contributed by atoms with Crippen LogP contribution in [0.15, 0.2) is 0 Å². The van der Waals surface area contributed by atoms with Gasteiger partial charge in [-0.05, 0) is 44.4 Å². The van der Waals surface area contributed by atoms with Crippen LogP contribution in [0.4, 0.5) is 0 Å². The average Bonchev–Trinajstić information content (AvgIpc) is 3.00. The first-order chi connectivity index (χ1) is 6.28. The summed E-state index contributed by atoms with van der Waals surface area (Å²) < 4.78 is 0. The van der Waals surface area contributed by atoms with Crippen molar-refractivity contribution in [1.29, 1.82) is 0 Å². The van der Waals surface area contributed by atoms with Gasteiger partial charge in [0.05, 0.1) is 5.60 Å². The molecule has 0 amide bonds. The molecule has 0 unspecified atom stereocenters. The molecule has 2 saturated carbocycles. The fourth-order valence-electron chi connectivity index (χ4n) is 2.74. The zero-order valence-electron chi connectivity index (χ0n) is 8.21. The first kappa shape index (κ1) is 8.25. The highest BCUT2D eigenvalue weighted by Gasteiger charge is 2.46. The van der Waals surface area contributed by atoms with Crippen molar-refractivity contribution in [1.82, 2.24) is 4.90 Å². The molecule has 1 saturated heterocycles. The lowest BCUT2D eigenvalue weighted by molar-refractivity contribution is -0.0405. The van der Waals surface area contributed by atoms with Gasteiger partial charge < -0.3 is 10.0 Å². The van der Waals surface area contributed by atoms with E-state index in [4.69, 9.17) is 0 Å². The number of hydrogen-bond acceptors (Lipinski definition) is 2. The number of rotatable bonds is 2. The van der Waals surface area contributed by atoms with Crippen molar-refractivity contribution in [3.8, 4) is 0 Å². The van der Waals surface area contributed by atoms with Crippen molar-refractivity contribution in [3.05, 3.63) is 0 Å². The van der Waals surface area contributed by atoms with Gasteiger partial charge in [-0.1, -0.05) is 0 Å². The van der Waals surface area contributed by atoms with E-state index in [2.05, 4.69) is 4.90 Å². The first-order valence-electron chi connectivity index (χ1n) is 5.74. The molecule has 3 rings (SSSR count). The second-order valence-electron chi connectivity index (χ2n) is 5.14. The highest BCUT2D eigenvalue weighted by Crippen LogP contribution is 2.46. The maximum Gasteiger partial charge on any atom is 0.0700 e. The molecule has 1 aliphatic heterocycles. The molecular formula is C11H19NO. The van der Waals surface area contributed by atoms with E-state index in [1.807, 2.05) is 0 Å². The number of aliphatic hydroxyl groups is 1. The second kappa shape index (κ2) is 2.71. The Balaban J connectivity index is 1.58. The summed E-state index contributed by atoms with van der Waals surface area (Å²) in [6.07, 6.45) is 7.44. The van der Waals surface area contributed by atoms with E-state index >= 15 is 0 Å². The summed E-state index contributed by atoms with van der Waals surface area (Å²) in [4.78, 5) is 2.58. The number of likely N-dealkylation sites (tertiary alicyclic amines) is 1. The molecule has 0 aromatic rings. The van der Waals surface area contributed by atoms with Crippen LogP contribution in [0.2, 0.25) is 0 Å². The van der Waals surface area contributed by atoms with E-state index in [0.29, 0.717) is 5.92 Å². The molecule has 2 heteroatoms. The zero-order valence-corrected chi connectivity index (χ0v) is 8.21. The Labute approximate surface area is 79.9 Å². The van der Waals surface area contributed by atoms with Crippen LogP contribution in [-0.2, 0) is 0 Å². The number of nitrogens with zero attached hydrogens (tertiary/aromatic N) is 1. The van der Waals surface area contributed by atoms with Crippen molar-refractivity contribution in [2.45, 2.75) is 50.2 Å². The third-order valence-corrected chi connectivity index (χ3v) is 4.06. The van der Waals surface area contributed by atoms with E-state index in [0.717, 1.165) is 32.0 Å². The van der Waals surface area contributed by atoms with Gasteiger partial charge in [-0.3, -0.25) is 0 Å². The van der Waals surface area contributed by atoms with Gasteiger partial charge in [0.2, 0.25) is 0 Å². The largest absolute Gasteiger partial charge is 0.390 e. The Bertz CT molecular complexity index is 200. The fourth-order valence-corrected chi connectivity index (χ4v) is 2.74. The van der Waals surface area contributed by atoms with Gasteiger partial charge in [0.25, 0.3) is 0 Å². The van der Waals surface area contributed by atoms with Crippen molar-refractivity contribution in [2.75, 3.05) is 13.1 Å². The topological polar surface area (TPSA) is 23.5 Å². The van der Waals surface area contributed by atoms with Gasteiger partial charge in [0, 0.05) is 19.1 Å². The van der Waals surface area contributed by atoms with Gasteiger partial charge in [-0.2, -0.15) is 0 Å². The molecule has 0 spiro atoms. The minimum atomic E-state index is -0.259. The molecule has 0 aromatic heterocycles. The monoisotopic (exact) mass is 181 g/mol. The molecule has 13 heavy (non-hydrogen) atoms. The average molecular weight is 181 g/mol. The maximum absolute atomic E-state index is 10.3. The van der Waals surface area contributed by atoms with E-state index in [1.165, 1.54) is 25.7 Å². The van der Waals surface area contributed by atoms with Crippen molar-refractivity contribution < 1.29 is 5.11 Å². The predicted octanol–water partition coefficient (Wildman–Crippen LogP) is 1.39. The Morgan fingerprint density at radius 3 is 2.08 bits per heavy atom. The lowest BCUT2D eigenvalue weighted by Crippen LogP contribution is -2.46. The number of piperidine rings is 1. The molecule has 74 valence electrons. The molecular weight excluding hydrogens is 162 g/mol. The Hall–Kier alpha value is -0.0800. The van der Waals surface area contributed by atoms with Gasteiger partial charge in [-0.25, -0.2) is 0 Å². The Kier molecular flexibility index (Phi) is 1.72. The van der Waals surface area contributed by atoms with Crippen molar-refractivity contribution in [2.24, 2.45) is 5.92 Å². The highest BCUT2D eigenvalue weighted by atomic mass is 16.3. The molecule has 1 N–H and O–H groups in total. The molecule has 0 radical (unpaired) electrons. The Morgan fingerprint density at radius 1 is 1.00 bits per heavy atom. The van der Waals surface area contributed by atoms with Crippen molar-refractivity contribution >= 4 is 0 Å². The van der Waals surface area contributed by atoms with Crippen LogP contribution in [0.3, 0.4) is 0 Å². The van der Waals surface area contributed by atoms with Crippen LogP contribution in [0, 0.1) is 5.92 Å². The minimum absolute atomic E-state index is 0.259. The first-order valence-corrected chi connectivity index (χ1v) is 5.74. The summed E-state index contributed by atoms with van der Waals surface area (Å²) >= 11 is 0. The predicted molar refractivity (Wildman–Crippen MR) is 51.5 cm³/mol. The van der Waals surface area contributed by atoms with E-state index < -0.39 is 0 Å². The molecule has 2 nitrogen and oxygen atoms in total. The van der Waals surface area contributed by atoms with Gasteiger partial charge >= 0.3 is 0 Å². The summed E-state index contributed by atoms with van der Waals surface area (Å²) in [6.45, 7) is 2.30. The third kappa shape index (κ3) is 1.50. The fraction of sp³-hybridized carbons (Fsp3) is 1.00. The standard InChI is InChI=1S/C11H19NO/c13-11(9-1-2-9)5-7-12(8-6-11)10-3-4-10/h9-10,13H,1-8H2. The van der Waals surface area contributed by atoms with E-state index in [1.54, 1.807) is 0 Å². The summed E-state index contributed by atoms with van der Waals surface area (Å²) in [7, 11) is 0. The molecule has 0 bridgehead atoms. The minimum Gasteiger partial charge on any atom is -0.390 e. The van der Waals surface area contributed by atoms with Crippen LogP contribution >= 0.6 is 0 Å². The molecule has 3 fully saturated rings. The second-order valence-corrected chi connectivity index (χ2v) is 5.14. The normalized spacial score (nSPS) is 34.8. The summed E-state index contributed by atoms with van der Waals surface area (Å²) in [6, 6.07) is 0.892. The summed E-state index contributed by atoms with van der Waals surface area (Å²) in [5, 5.41) is 10.3. The van der Waals surface area contributed by atoms with E-state index in [9.17, 15) is 5.11 Å². The van der Waals surface area contributed by atoms with E-state index in [-0.39, 0.29) is 5.60 Å². The third-order valence-electron chi connectivity index (χ3n) is 4.06. The molecule has 0 atom stereocenters. The van der Waals surface area contributed by atoms with Crippen LogP contribution in [0.25, 0.3) is 0 Å². The van der Waals surface area contributed by atoms with Crippen LogP contribution in [0.1, 0.15) is 38.5 Å². The molecule has 3 aliphatic rings. The summed E-state index contributed by atoms with van der Waals surface area (Å²) in [5.74, 6) is 0.661. The highest BCUT2D eigenvalue weighted by molar-refractivity contribution is 4.99. The molecule has 0 aromatic carbocycles. The molecule has 2 aliphatic carbocycles. The van der Waals surface area contributed by atoms with Gasteiger partial charge in [0.15, 0.2) is 0 Å². The van der Waals surface area contributed by atoms with Gasteiger partial charge in [-0.15, -0.1) is 0 Å². The van der Waals surface area contributed by atoms with Crippen molar-refractivity contribution in [3.63, 3.8) is 0 Å². The zero-order chi connectivity index (χ0) is 8.89. The van der Waals surface area contributed by atoms with Gasteiger partial charge in [0.1, 0.15) is 0 Å².